The van der Waals surface area contributed by atoms with Crippen LogP contribution in [0.2, 0.25) is 0 Å². The molecule has 0 aliphatic heterocycles. The maximum Gasteiger partial charge on any atom is 0.0652 e. The number of rotatable bonds is 5. The minimum Gasteiger partial charge on any atom is -0.270 e. The maximum atomic E-state index is 4.58. The van der Waals surface area contributed by atoms with E-state index in [9.17, 15) is 0 Å². The Bertz CT molecular complexity index is 263. The highest BCUT2D eigenvalue weighted by Crippen LogP contribution is 2.20. The van der Waals surface area contributed by atoms with Crippen LogP contribution in [0.15, 0.2) is 12.3 Å². The molecule has 1 aromatic heterocycles. The predicted octanol–water partition coefficient (Wildman–Crippen LogP) is 3.76. The third-order valence-electron chi connectivity index (χ3n) is 2.65. The topological polar surface area (TPSA) is 17.8 Å². The first-order valence-electron chi connectivity index (χ1n) is 5.70. The molecule has 1 aromatic rings. The van der Waals surface area contributed by atoms with Crippen LogP contribution in [-0.4, -0.2) is 9.78 Å². The molecule has 0 saturated heterocycles. The molecule has 0 spiro atoms. The van der Waals surface area contributed by atoms with E-state index in [1.165, 1.54) is 25.0 Å². The number of aromatic nitrogens is 2. The lowest BCUT2D eigenvalue weighted by atomic mass is 10.0. The third kappa shape index (κ3) is 2.86. The Morgan fingerprint density at radius 3 is 2.57 bits per heavy atom. The molecule has 2 nitrogen and oxygen atoms in total. The molecule has 0 amide bonds. The van der Waals surface area contributed by atoms with Crippen molar-refractivity contribution in [3.63, 3.8) is 0 Å². The second kappa shape index (κ2) is 5.18. The van der Waals surface area contributed by atoms with Gasteiger partial charge < -0.3 is 0 Å². The molecular weight excluding hydrogens is 172 g/mol. The molecule has 1 heterocycles. The molecule has 0 bridgehead atoms. The highest BCUT2D eigenvalue weighted by Gasteiger charge is 2.09. The quantitative estimate of drug-likeness (QED) is 0.698. The van der Waals surface area contributed by atoms with E-state index in [1.54, 1.807) is 0 Å². The van der Waals surface area contributed by atoms with Crippen molar-refractivity contribution in [2.75, 3.05) is 0 Å². The molecular formula is C12H22N2. The Hall–Kier alpha value is -0.790. The van der Waals surface area contributed by atoms with Crippen LogP contribution in [0.25, 0.3) is 0 Å². The van der Waals surface area contributed by atoms with Gasteiger partial charge in [0.1, 0.15) is 0 Å². The summed E-state index contributed by atoms with van der Waals surface area (Å²) in [6.45, 7) is 8.82. The van der Waals surface area contributed by atoms with Crippen molar-refractivity contribution in [3.8, 4) is 0 Å². The van der Waals surface area contributed by atoms with E-state index in [2.05, 4.69) is 45.1 Å². The van der Waals surface area contributed by atoms with E-state index in [4.69, 9.17) is 0 Å². The lowest BCUT2D eigenvalue weighted by Crippen LogP contribution is -2.03. The second-order valence-corrected chi connectivity index (χ2v) is 4.36. The first-order chi connectivity index (χ1) is 6.65. The molecule has 0 saturated carbocycles. The summed E-state index contributed by atoms with van der Waals surface area (Å²) in [6.07, 6.45) is 5.92. The van der Waals surface area contributed by atoms with Crippen LogP contribution in [-0.2, 0) is 0 Å². The molecule has 0 radical (unpaired) electrons. The van der Waals surface area contributed by atoms with E-state index in [0.29, 0.717) is 12.0 Å². The summed E-state index contributed by atoms with van der Waals surface area (Å²) in [7, 11) is 0. The molecule has 2 heteroatoms. The van der Waals surface area contributed by atoms with E-state index in [-0.39, 0.29) is 0 Å². The molecule has 0 aliphatic rings. The minimum absolute atomic E-state index is 0.474. The first-order valence-corrected chi connectivity index (χ1v) is 5.70. The lowest BCUT2D eigenvalue weighted by molar-refractivity contribution is 0.513. The molecule has 0 fully saturated rings. The smallest absolute Gasteiger partial charge is 0.0652 e. The van der Waals surface area contributed by atoms with Crippen molar-refractivity contribution in [3.05, 3.63) is 18.0 Å². The monoisotopic (exact) mass is 194 g/mol. The zero-order valence-corrected chi connectivity index (χ0v) is 9.83. The fraction of sp³-hybridized carbons (Fsp3) is 0.750. The van der Waals surface area contributed by atoms with Gasteiger partial charge in [-0.2, -0.15) is 5.10 Å². The SMILES string of the molecule is CCCCC(C)c1ccn(C(C)C)n1. The van der Waals surface area contributed by atoms with Crippen molar-refractivity contribution in [2.45, 2.75) is 58.9 Å². The van der Waals surface area contributed by atoms with E-state index in [1.807, 2.05) is 4.68 Å². The average Bonchev–Trinajstić information content (AvgIpc) is 2.62. The van der Waals surface area contributed by atoms with Crippen molar-refractivity contribution in [1.82, 2.24) is 9.78 Å². The summed E-state index contributed by atoms with van der Waals surface area (Å²) < 4.78 is 2.04. The summed E-state index contributed by atoms with van der Waals surface area (Å²) in [6, 6.07) is 2.63. The third-order valence-corrected chi connectivity index (χ3v) is 2.65. The molecule has 1 unspecified atom stereocenters. The number of nitrogens with zero attached hydrogens (tertiary/aromatic N) is 2. The highest BCUT2D eigenvalue weighted by molar-refractivity contribution is 5.05. The zero-order chi connectivity index (χ0) is 10.6. The average molecular weight is 194 g/mol. The lowest BCUT2D eigenvalue weighted by Gasteiger charge is -2.08. The van der Waals surface area contributed by atoms with Crippen LogP contribution in [0.1, 0.15) is 64.6 Å². The van der Waals surface area contributed by atoms with Gasteiger partial charge in [0.2, 0.25) is 0 Å². The van der Waals surface area contributed by atoms with E-state index >= 15 is 0 Å². The van der Waals surface area contributed by atoms with Gasteiger partial charge in [-0.05, 0) is 26.3 Å². The largest absolute Gasteiger partial charge is 0.270 e. The van der Waals surface area contributed by atoms with Crippen molar-refractivity contribution in [2.24, 2.45) is 0 Å². The van der Waals surface area contributed by atoms with Gasteiger partial charge in [-0.3, -0.25) is 4.68 Å². The predicted molar refractivity (Wildman–Crippen MR) is 60.6 cm³/mol. The molecule has 0 N–H and O–H groups in total. The Labute approximate surface area is 87.3 Å². The van der Waals surface area contributed by atoms with Gasteiger partial charge in [0.25, 0.3) is 0 Å². The zero-order valence-electron chi connectivity index (χ0n) is 9.83. The molecule has 0 aromatic carbocycles. The van der Waals surface area contributed by atoms with E-state index in [0.717, 1.165) is 0 Å². The molecule has 1 atom stereocenters. The summed E-state index contributed by atoms with van der Waals surface area (Å²) >= 11 is 0. The minimum atomic E-state index is 0.474. The van der Waals surface area contributed by atoms with Gasteiger partial charge in [0.15, 0.2) is 0 Å². The Kier molecular flexibility index (Phi) is 4.18. The van der Waals surface area contributed by atoms with Crippen LogP contribution < -0.4 is 0 Å². The van der Waals surface area contributed by atoms with Crippen LogP contribution in [0.3, 0.4) is 0 Å². The molecule has 1 rings (SSSR count). The summed E-state index contributed by atoms with van der Waals surface area (Å²) in [5, 5.41) is 4.58. The van der Waals surface area contributed by atoms with Crippen LogP contribution >= 0.6 is 0 Å². The Balaban J connectivity index is 2.57. The van der Waals surface area contributed by atoms with Gasteiger partial charge in [-0.1, -0.05) is 26.7 Å². The summed E-state index contributed by atoms with van der Waals surface area (Å²) in [5.74, 6) is 0.606. The van der Waals surface area contributed by atoms with Crippen LogP contribution in [0, 0.1) is 0 Å². The van der Waals surface area contributed by atoms with Crippen molar-refractivity contribution in [1.29, 1.82) is 0 Å². The van der Waals surface area contributed by atoms with Gasteiger partial charge in [-0.15, -0.1) is 0 Å². The van der Waals surface area contributed by atoms with Crippen molar-refractivity contribution >= 4 is 0 Å². The Morgan fingerprint density at radius 2 is 2.07 bits per heavy atom. The number of hydrogen-bond acceptors (Lipinski definition) is 1. The normalized spacial score (nSPS) is 13.5. The standard InChI is InChI=1S/C12H22N2/c1-5-6-7-11(4)12-8-9-14(13-12)10(2)3/h8-11H,5-7H2,1-4H3. The summed E-state index contributed by atoms with van der Waals surface area (Å²) in [5.41, 5.74) is 1.24. The van der Waals surface area contributed by atoms with Gasteiger partial charge in [0, 0.05) is 18.2 Å². The number of hydrogen-bond donors (Lipinski definition) is 0. The van der Waals surface area contributed by atoms with E-state index < -0.39 is 0 Å². The fourth-order valence-electron chi connectivity index (χ4n) is 1.56. The van der Waals surface area contributed by atoms with Gasteiger partial charge >= 0.3 is 0 Å². The molecule has 0 aliphatic carbocycles. The molecule has 80 valence electrons. The van der Waals surface area contributed by atoms with Crippen molar-refractivity contribution < 1.29 is 0 Å². The van der Waals surface area contributed by atoms with Gasteiger partial charge in [0.05, 0.1) is 5.69 Å². The van der Waals surface area contributed by atoms with Crippen LogP contribution in [0.5, 0.6) is 0 Å². The van der Waals surface area contributed by atoms with Crippen LogP contribution in [0.4, 0.5) is 0 Å². The van der Waals surface area contributed by atoms with Gasteiger partial charge in [-0.25, -0.2) is 0 Å². The Morgan fingerprint density at radius 1 is 1.36 bits per heavy atom. The maximum absolute atomic E-state index is 4.58. The summed E-state index contributed by atoms with van der Waals surface area (Å²) in [4.78, 5) is 0. The molecule has 14 heavy (non-hydrogen) atoms. The second-order valence-electron chi connectivity index (χ2n) is 4.36. The first kappa shape index (κ1) is 11.3. The fourth-order valence-corrected chi connectivity index (χ4v) is 1.56. The number of unbranched alkanes of at least 4 members (excludes halogenated alkanes) is 1. The highest BCUT2D eigenvalue weighted by atomic mass is 15.3.